The molecule has 2 heterocycles. The Labute approximate surface area is 112 Å². The lowest BCUT2D eigenvalue weighted by molar-refractivity contribution is 0.167. The summed E-state index contributed by atoms with van der Waals surface area (Å²) in [4.78, 5) is 5.51. The van der Waals surface area contributed by atoms with Crippen LogP contribution in [-0.2, 0) is 0 Å². The number of nitrogens with zero attached hydrogens (tertiary/aromatic N) is 2. The molecule has 0 aromatic carbocycles. The van der Waals surface area contributed by atoms with E-state index in [0.29, 0.717) is 0 Å². The van der Waals surface area contributed by atoms with Crippen molar-refractivity contribution in [2.75, 3.05) is 32.7 Å². The second-order valence-corrected chi connectivity index (χ2v) is 6.61. The number of nitrogens with two attached hydrogens (primary N) is 1. The normalized spacial score (nSPS) is 36.5. The van der Waals surface area contributed by atoms with Gasteiger partial charge in [0.1, 0.15) is 0 Å². The molecule has 3 nitrogen and oxygen atoms in total. The molecule has 0 aromatic rings. The third kappa shape index (κ3) is 2.73. The minimum atomic E-state index is 0.772. The zero-order chi connectivity index (χ0) is 12.4. The summed E-state index contributed by atoms with van der Waals surface area (Å²) in [6, 6.07) is 1.75. The Hall–Kier alpha value is -0.120. The quantitative estimate of drug-likeness (QED) is 0.828. The van der Waals surface area contributed by atoms with Crippen molar-refractivity contribution in [3.8, 4) is 0 Å². The summed E-state index contributed by atoms with van der Waals surface area (Å²) in [5.41, 5.74) is 5.80. The molecule has 3 heteroatoms. The fraction of sp³-hybridized carbons (Fsp3) is 1.00. The molecule has 0 bridgehead atoms. The van der Waals surface area contributed by atoms with Gasteiger partial charge in [0, 0.05) is 31.7 Å². The fourth-order valence-electron chi connectivity index (χ4n) is 4.23. The van der Waals surface area contributed by atoms with Gasteiger partial charge in [0.05, 0.1) is 0 Å². The topological polar surface area (TPSA) is 32.5 Å². The maximum Gasteiger partial charge on any atom is 0.0235 e. The second kappa shape index (κ2) is 5.89. The molecule has 0 aromatic heterocycles. The highest BCUT2D eigenvalue weighted by Crippen LogP contribution is 2.29. The van der Waals surface area contributed by atoms with Gasteiger partial charge >= 0.3 is 0 Å². The van der Waals surface area contributed by atoms with Crippen LogP contribution in [-0.4, -0.2) is 54.6 Å². The van der Waals surface area contributed by atoms with Crippen LogP contribution in [0.2, 0.25) is 0 Å². The van der Waals surface area contributed by atoms with E-state index in [4.69, 9.17) is 5.73 Å². The molecule has 1 aliphatic carbocycles. The molecule has 2 N–H and O–H groups in total. The third-order valence-electron chi connectivity index (χ3n) is 5.45. The van der Waals surface area contributed by atoms with Gasteiger partial charge in [-0.25, -0.2) is 0 Å². The van der Waals surface area contributed by atoms with Crippen LogP contribution in [0.4, 0.5) is 0 Å². The van der Waals surface area contributed by atoms with Crippen molar-refractivity contribution >= 4 is 0 Å². The fourth-order valence-corrected chi connectivity index (χ4v) is 4.23. The van der Waals surface area contributed by atoms with E-state index >= 15 is 0 Å². The first-order chi connectivity index (χ1) is 8.86. The van der Waals surface area contributed by atoms with Crippen molar-refractivity contribution in [1.29, 1.82) is 0 Å². The van der Waals surface area contributed by atoms with Crippen molar-refractivity contribution in [2.45, 2.75) is 57.0 Å². The number of likely N-dealkylation sites (tertiary alicyclic amines) is 2. The first kappa shape index (κ1) is 12.9. The maximum absolute atomic E-state index is 5.80. The third-order valence-corrected chi connectivity index (χ3v) is 5.45. The summed E-state index contributed by atoms with van der Waals surface area (Å²) < 4.78 is 0. The standard InChI is InChI=1S/C15H29N3/c16-10-13-6-8-17(11-13)15-7-9-18(12-15)14-4-2-1-3-5-14/h13-15H,1-12,16H2. The lowest BCUT2D eigenvalue weighted by Crippen LogP contribution is -2.40. The van der Waals surface area contributed by atoms with Gasteiger partial charge in [-0.3, -0.25) is 9.80 Å². The molecule has 18 heavy (non-hydrogen) atoms. The second-order valence-electron chi connectivity index (χ2n) is 6.61. The van der Waals surface area contributed by atoms with Crippen molar-refractivity contribution in [3.05, 3.63) is 0 Å². The zero-order valence-corrected chi connectivity index (χ0v) is 11.7. The minimum Gasteiger partial charge on any atom is -0.330 e. The van der Waals surface area contributed by atoms with Crippen LogP contribution in [0.25, 0.3) is 0 Å². The van der Waals surface area contributed by atoms with Crippen LogP contribution in [0.5, 0.6) is 0 Å². The van der Waals surface area contributed by atoms with Crippen LogP contribution >= 0.6 is 0 Å². The maximum atomic E-state index is 5.80. The number of hydrogen-bond donors (Lipinski definition) is 1. The molecule has 1 saturated carbocycles. The van der Waals surface area contributed by atoms with Gasteiger partial charge in [-0.2, -0.15) is 0 Å². The van der Waals surface area contributed by atoms with E-state index in [2.05, 4.69) is 9.80 Å². The summed E-state index contributed by atoms with van der Waals surface area (Å²) in [7, 11) is 0. The van der Waals surface area contributed by atoms with Crippen molar-refractivity contribution < 1.29 is 0 Å². The molecule has 0 amide bonds. The Morgan fingerprint density at radius 1 is 0.778 bits per heavy atom. The molecule has 2 saturated heterocycles. The molecule has 3 rings (SSSR count). The van der Waals surface area contributed by atoms with Crippen LogP contribution in [0.15, 0.2) is 0 Å². The van der Waals surface area contributed by atoms with Crippen LogP contribution in [0, 0.1) is 5.92 Å². The Morgan fingerprint density at radius 2 is 1.50 bits per heavy atom. The van der Waals surface area contributed by atoms with Gasteiger partial charge in [-0.05, 0) is 44.7 Å². The van der Waals surface area contributed by atoms with E-state index in [9.17, 15) is 0 Å². The van der Waals surface area contributed by atoms with Crippen LogP contribution < -0.4 is 5.73 Å². The molecule has 3 aliphatic rings. The van der Waals surface area contributed by atoms with Gasteiger partial charge in [0.2, 0.25) is 0 Å². The number of rotatable bonds is 3. The highest BCUT2D eigenvalue weighted by Gasteiger charge is 2.34. The van der Waals surface area contributed by atoms with Crippen molar-refractivity contribution in [1.82, 2.24) is 9.80 Å². The monoisotopic (exact) mass is 251 g/mol. The molecule has 2 atom stereocenters. The lowest BCUT2D eigenvalue weighted by atomic mass is 9.94. The predicted molar refractivity (Wildman–Crippen MR) is 75.6 cm³/mol. The summed E-state index contributed by atoms with van der Waals surface area (Å²) in [6.45, 7) is 6.13. The van der Waals surface area contributed by atoms with Gasteiger partial charge in [-0.15, -0.1) is 0 Å². The molecular formula is C15H29N3. The molecule has 2 unspecified atom stereocenters. The van der Waals surface area contributed by atoms with E-state index in [1.165, 1.54) is 71.1 Å². The molecular weight excluding hydrogens is 222 g/mol. The van der Waals surface area contributed by atoms with Gasteiger partial charge in [-0.1, -0.05) is 19.3 Å². The molecule has 104 valence electrons. The first-order valence-electron chi connectivity index (χ1n) is 8.05. The van der Waals surface area contributed by atoms with E-state index in [-0.39, 0.29) is 0 Å². The Balaban J connectivity index is 1.49. The summed E-state index contributed by atoms with van der Waals surface area (Å²) >= 11 is 0. The predicted octanol–water partition coefficient (Wildman–Crippen LogP) is 1.67. The summed E-state index contributed by atoms with van der Waals surface area (Å²) in [5.74, 6) is 0.772. The Morgan fingerprint density at radius 3 is 2.22 bits per heavy atom. The molecule has 3 fully saturated rings. The van der Waals surface area contributed by atoms with E-state index in [0.717, 1.165) is 24.5 Å². The van der Waals surface area contributed by atoms with Gasteiger partial charge < -0.3 is 5.73 Å². The molecule has 0 spiro atoms. The van der Waals surface area contributed by atoms with Crippen molar-refractivity contribution in [2.24, 2.45) is 11.7 Å². The summed E-state index contributed by atoms with van der Waals surface area (Å²) in [5, 5.41) is 0. The Bertz CT molecular complexity index is 262. The van der Waals surface area contributed by atoms with Crippen LogP contribution in [0.1, 0.15) is 44.9 Å². The SMILES string of the molecule is NCC1CCN(C2CCN(C3CCCCC3)C2)C1. The minimum absolute atomic E-state index is 0.772. The average molecular weight is 251 g/mol. The average Bonchev–Trinajstić information content (AvgIpc) is 3.08. The van der Waals surface area contributed by atoms with E-state index < -0.39 is 0 Å². The van der Waals surface area contributed by atoms with E-state index in [1.54, 1.807) is 0 Å². The lowest BCUT2D eigenvalue weighted by Gasteiger charge is -2.32. The molecule has 0 radical (unpaired) electrons. The zero-order valence-electron chi connectivity index (χ0n) is 11.7. The van der Waals surface area contributed by atoms with E-state index in [1.807, 2.05) is 0 Å². The summed E-state index contributed by atoms with van der Waals surface area (Å²) in [6.07, 6.45) is 10.0. The van der Waals surface area contributed by atoms with Gasteiger partial charge in [0.25, 0.3) is 0 Å². The van der Waals surface area contributed by atoms with Crippen molar-refractivity contribution in [3.63, 3.8) is 0 Å². The number of hydrogen-bond acceptors (Lipinski definition) is 3. The largest absolute Gasteiger partial charge is 0.330 e. The first-order valence-corrected chi connectivity index (χ1v) is 8.05. The van der Waals surface area contributed by atoms with Gasteiger partial charge in [0.15, 0.2) is 0 Å². The Kier molecular flexibility index (Phi) is 4.22. The smallest absolute Gasteiger partial charge is 0.0235 e. The molecule has 2 aliphatic heterocycles. The van der Waals surface area contributed by atoms with Crippen LogP contribution in [0.3, 0.4) is 0 Å². The highest BCUT2D eigenvalue weighted by molar-refractivity contribution is 4.91. The highest BCUT2D eigenvalue weighted by atomic mass is 15.3.